The number of hydrogen-bond acceptors (Lipinski definition) is 5. The van der Waals surface area contributed by atoms with Crippen molar-refractivity contribution in [3.05, 3.63) is 12.2 Å². The Kier molecular flexibility index (Phi) is 6.78. The van der Waals surface area contributed by atoms with Gasteiger partial charge in [-0.25, -0.2) is 0 Å². The second-order valence-corrected chi connectivity index (χ2v) is 9.68. The first-order valence-electron chi connectivity index (χ1n) is 11.4. The molecule has 4 rings (SSSR count). The average Bonchev–Trinajstić information content (AvgIpc) is 2.71. The van der Waals surface area contributed by atoms with E-state index in [4.69, 9.17) is 19.3 Å². The van der Waals surface area contributed by atoms with Gasteiger partial charge in [-0.3, -0.25) is 0 Å². The lowest BCUT2D eigenvalue weighted by Crippen LogP contribution is -2.54. The predicted molar refractivity (Wildman–Crippen MR) is 109 cm³/mol. The fourth-order valence-electron chi connectivity index (χ4n) is 6.64. The van der Waals surface area contributed by atoms with Crippen LogP contribution in [0, 0.1) is 23.2 Å². The summed E-state index contributed by atoms with van der Waals surface area (Å²) in [5, 5.41) is 9.09. The number of fused-ring (bicyclic) bond motifs is 3. The standard InChI is InChI=1S/C23H39NO4/c1-17-3-4-21-19-15-26-16-28-22(19)5-9-23(21,2)20(17)8-14-27-18-6-10-24(11-7-18)12-13-25/h18-22,25H,1,3-16H2,2H3. The van der Waals surface area contributed by atoms with Crippen LogP contribution in [-0.4, -0.2) is 68.5 Å². The molecule has 2 aliphatic carbocycles. The molecule has 5 atom stereocenters. The van der Waals surface area contributed by atoms with Crippen LogP contribution in [0.5, 0.6) is 0 Å². The van der Waals surface area contributed by atoms with Gasteiger partial charge >= 0.3 is 0 Å². The summed E-state index contributed by atoms with van der Waals surface area (Å²) in [4.78, 5) is 2.33. The van der Waals surface area contributed by atoms with Crippen molar-refractivity contribution in [2.75, 3.05) is 46.2 Å². The number of allylic oxidation sites excluding steroid dienone is 1. The minimum Gasteiger partial charge on any atom is -0.395 e. The predicted octanol–water partition coefficient (Wildman–Crippen LogP) is 3.22. The Morgan fingerprint density at radius 2 is 2.07 bits per heavy atom. The minimum atomic E-state index is 0.257. The van der Waals surface area contributed by atoms with E-state index in [0.717, 1.165) is 65.0 Å². The molecule has 2 saturated heterocycles. The van der Waals surface area contributed by atoms with E-state index in [1.807, 2.05) is 0 Å². The van der Waals surface area contributed by atoms with E-state index < -0.39 is 0 Å². The topological polar surface area (TPSA) is 51.2 Å². The molecule has 28 heavy (non-hydrogen) atoms. The minimum absolute atomic E-state index is 0.257. The van der Waals surface area contributed by atoms with Crippen molar-refractivity contribution in [3.63, 3.8) is 0 Å². The van der Waals surface area contributed by atoms with E-state index in [1.165, 1.54) is 18.4 Å². The lowest BCUT2D eigenvalue weighted by molar-refractivity contribution is -0.219. The molecule has 0 aromatic rings. The van der Waals surface area contributed by atoms with E-state index >= 15 is 0 Å². The molecule has 4 fully saturated rings. The summed E-state index contributed by atoms with van der Waals surface area (Å²) in [6.45, 7) is 12.3. The first-order valence-corrected chi connectivity index (χ1v) is 11.4. The molecular formula is C23H39NO4. The zero-order valence-electron chi connectivity index (χ0n) is 17.6. The third-order valence-electron chi connectivity index (χ3n) is 8.26. The monoisotopic (exact) mass is 393 g/mol. The van der Waals surface area contributed by atoms with Crippen molar-refractivity contribution < 1.29 is 19.3 Å². The quantitative estimate of drug-likeness (QED) is 0.702. The molecule has 0 aromatic carbocycles. The molecular weight excluding hydrogens is 354 g/mol. The van der Waals surface area contributed by atoms with Crippen molar-refractivity contribution in [3.8, 4) is 0 Å². The van der Waals surface area contributed by atoms with Crippen LogP contribution in [0.3, 0.4) is 0 Å². The maximum atomic E-state index is 9.09. The summed E-state index contributed by atoms with van der Waals surface area (Å²) >= 11 is 0. The van der Waals surface area contributed by atoms with Crippen molar-refractivity contribution >= 4 is 0 Å². The summed E-state index contributed by atoms with van der Waals surface area (Å²) in [6.07, 6.45) is 8.84. The Hall–Kier alpha value is -0.460. The molecule has 0 radical (unpaired) electrons. The fraction of sp³-hybridized carbons (Fsp3) is 0.913. The van der Waals surface area contributed by atoms with Gasteiger partial charge in [0.25, 0.3) is 0 Å². The van der Waals surface area contributed by atoms with Gasteiger partial charge in [-0.1, -0.05) is 19.1 Å². The molecule has 5 unspecified atom stereocenters. The first kappa shape index (κ1) is 20.8. The van der Waals surface area contributed by atoms with Gasteiger partial charge in [0, 0.05) is 32.2 Å². The molecule has 2 heterocycles. The second kappa shape index (κ2) is 9.13. The van der Waals surface area contributed by atoms with E-state index in [9.17, 15) is 0 Å². The lowest BCUT2D eigenvalue weighted by Gasteiger charge is -2.57. The van der Waals surface area contributed by atoms with Crippen LogP contribution >= 0.6 is 0 Å². The molecule has 2 aliphatic heterocycles. The number of hydrogen-bond donors (Lipinski definition) is 1. The number of β-amino-alcohol motifs (C(OH)–C–C–N with tert-alkyl or cyclic N) is 1. The Morgan fingerprint density at radius 1 is 1.25 bits per heavy atom. The molecule has 0 aromatic heterocycles. The molecule has 0 spiro atoms. The van der Waals surface area contributed by atoms with Crippen LogP contribution in [0.4, 0.5) is 0 Å². The van der Waals surface area contributed by atoms with Gasteiger partial charge in [-0.2, -0.15) is 0 Å². The first-order chi connectivity index (χ1) is 13.6. The third-order valence-corrected chi connectivity index (χ3v) is 8.26. The lowest BCUT2D eigenvalue weighted by atomic mass is 9.50. The number of likely N-dealkylation sites (tertiary alicyclic amines) is 1. The van der Waals surface area contributed by atoms with Crippen LogP contribution in [0.1, 0.15) is 51.9 Å². The van der Waals surface area contributed by atoms with E-state index in [1.54, 1.807) is 0 Å². The second-order valence-electron chi connectivity index (χ2n) is 9.68. The van der Waals surface area contributed by atoms with Crippen molar-refractivity contribution in [2.24, 2.45) is 23.2 Å². The molecule has 0 amide bonds. The van der Waals surface area contributed by atoms with Gasteiger partial charge in [-0.15, -0.1) is 0 Å². The summed E-state index contributed by atoms with van der Waals surface area (Å²) in [5.41, 5.74) is 1.75. The SMILES string of the molecule is C=C1CCC2C3COCOC3CCC2(C)C1CCOC1CCN(CCO)CC1. The number of nitrogens with zero attached hydrogens (tertiary/aromatic N) is 1. The molecule has 160 valence electrons. The van der Waals surface area contributed by atoms with Gasteiger partial charge in [0.2, 0.25) is 0 Å². The van der Waals surface area contributed by atoms with Crippen LogP contribution < -0.4 is 0 Å². The highest BCUT2D eigenvalue weighted by Gasteiger charge is 2.53. The number of ether oxygens (including phenoxy) is 3. The highest BCUT2D eigenvalue weighted by atomic mass is 16.7. The smallest absolute Gasteiger partial charge is 0.147 e. The summed E-state index contributed by atoms with van der Waals surface area (Å²) in [5.74, 6) is 1.80. The Labute approximate surface area is 170 Å². The summed E-state index contributed by atoms with van der Waals surface area (Å²) < 4.78 is 17.9. The van der Waals surface area contributed by atoms with Crippen molar-refractivity contribution in [2.45, 2.75) is 64.1 Å². The zero-order valence-corrected chi connectivity index (χ0v) is 17.6. The number of piperidine rings is 1. The third kappa shape index (κ3) is 4.20. The van der Waals surface area contributed by atoms with Crippen LogP contribution in [0.15, 0.2) is 12.2 Å². The van der Waals surface area contributed by atoms with Gasteiger partial charge in [0.15, 0.2) is 0 Å². The molecule has 1 N–H and O–H groups in total. The van der Waals surface area contributed by atoms with Crippen LogP contribution in [0.2, 0.25) is 0 Å². The van der Waals surface area contributed by atoms with Crippen molar-refractivity contribution in [1.82, 2.24) is 4.90 Å². The van der Waals surface area contributed by atoms with Gasteiger partial charge in [-0.05, 0) is 62.2 Å². The molecule has 0 bridgehead atoms. The Bertz CT molecular complexity index is 533. The molecule has 5 nitrogen and oxygen atoms in total. The summed E-state index contributed by atoms with van der Waals surface area (Å²) in [6, 6.07) is 0. The number of aliphatic hydroxyl groups excluding tert-OH is 1. The Morgan fingerprint density at radius 3 is 2.86 bits per heavy atom. The number of rotatable bonds is 6. The summed E-state index contributed by atoms with van der Waals surface area (Å²) in [7, 11) is 0. The van der Waals surface area contributed by atoms with Crippen LogP contribution in [0.25, 0.3) is 0 Å². The van der Waals surface area contributed by atoms with Crippen molar-refractivity contribution in [1.29, 1.82) is 0 Å². The molecule has 2 saturated carbocycles. The highest BCUT2D eigenvalue weighted by molar-refractivity contribution is 5.15. The highest BCUT2D eigenvalue weighted by Crippen LogP contribution is 2.58. The van der Waals surface area contributed by atoms with E-state index in [2.05, 4.69) is 18.4 Å². The largest absolute Gasteiger partial charge is 0.395 e. The van der Waals surface area contributed by atoms with E-state index in [-0.39, 0.29) is 6.61 Å². The normalized spacial score (nSPS) is 40.1. The van der Waals surface area contributed by atoms with Gasteiger partial charge in [0.05, 0.1) is 25.4 Å². The average molecular weight is 394 g/mol. The van der Waals surface area contributed by atoms with Gasteiger partial charge < -0.3 is 24.2 Å². The number of aliphatic hydroxyl groups is 1. The van der Waals surface area contributed by atoms with E-state index in [0.29, 0.717) is 42.2 Å². The molecule has 4 aliphatic rings. The van der Waals surface area contributed by atoms with Crippen LogP contribution in [-0.2, 0) is 14.2 Å². The Balaban J connectivity index is 1.31. The zero-order chi connectivity index (χ0) is 19.6. The maximum absolute atomic E-state index is 9.09. The fourth-order valence-corrected chi connectivity index (χ4v) is 6.64. The maximum Gasteiger partial charge on any atom is 0.147 e. The van der Waals surface area contributed by atoms with Gasteiger partial charge in [0.1, 0.15) is 6.79 Å². The molecule has 5 heteroatoms.